The van der Waals surface area contributed by atoms with Crippen molar-refractivity contribution in [2.24, 2.45) is 11.5 Å². The van der Waals surface area contributed by atoms with E-state index in [1.165, 1.54) is 20.8 Å². The number of nitrogens with two attached hydrogens (primary N) is 2. The van der Waals surface area contributed by atoms with Crippen LogP contribution in [0.15, 0.2) is 18.2 Å². The Labute approximate surface area is 122 Å². The molecular weight excluding hydrogens is 301 g/mol. The smallest absolute Gasteiger partial charge is 0.269 e. The highest BCUT2D eigenvalue weighted by atomic mass is 32.2. The molecular formula is C12H18FN3O4S. The molecule has 9 heteroatoms. The molecule has 1 aromatic rings. The van der Waals surface area contributed by atoms with Gasteiger partial charge in [-0.3, -0.25) is 10.1 Å². The van der Waals surface area contributed by atoms with Crippen LogP contribution in [0.3, 0.4) is 0 Å². The van der Waals surface area contributed by atoms with E-state index >= 15 is 0 Å². The van der Waals surface area contributed by atoms with E-state index in [1.54, 1.807) is 0 Å². The first-order valence-corrected chi connectivity index (χ1v) is 7.68. The highest BCUT2D eigenvalue weighted by Gasteiger charge is 2.38. The van der Waals surface area contributed by atoms with Gasteiger partial charge in [0, 0.05) is 17.7 Å². The first-order valence-electron chi connectivity index (χ1n) is 6.02. The van der Waals surface area contributed by atoms with E-state index in [0.717, 1.165) is 18.2 Å². The van der Waals surface area contributed by atoms with E-state index in [-0.39, 0.29) is 11.3 Å². The Morgan fingerprint density at radius 1 is 1.29 bits per heavy atom. The molecule has 0 aromatic heterocycles. The van der Waals surface area contributed by atoms with Crippen LogP contribution in [-0.2, 0) is 15.4 Å². The van der Waals surface area contributed by atoms with E-state index < -0.39 is 36.7 Å². The minimum Gasteiger partial charge on any atom is -0.321 e. The second kappa shape index (κ2) is 5.32. The van der Waals surface area contributed by atoms with Gasteiger partial charge in [0.15, 0.2) is 9.84 Å². The molecule has 0 spiro atoms. The molecule has 0 saturated carbocycles. The topological polar surface area (TPSA) is 129 Å². The van der Waals surface area contributed by atoms with Crippen molar-refractivity contribution in [1.29, 1.82) is 0 Å². The van der Waals surface area contributed by atoms with Crippen molar-refractivity contribution in [3.05, 3.63) is 39.7 Å². The summed E-state index contributed by atoms with van der Waals surface area (Å²) in [5.74, 6) is -1.45. The second-order valence-electron chi connectivity index (χ2n) is 5.70. The van der Waals surface area contributed by atoms with Crippen molar-refractivity contribution in [2.75, 3.05) is 5.75 Å². The van der Waals surface area contributed by atoms with Crippen molar-refractivity contribution in [1.82, 2.24) is 0 Å². The Hall–Kier alpha value is -1.58. The number of sulfone groups is 1. The number of nitrogens with zero attached hydrogens (tertiary/aromatic N) is 1. The molecule has 21 heavy (non-hydrogen) atoms. The molecule has 1 rings (SSSR count). The van der Waals surface area contributed by atoms with Crippen LogP contribution in [0.2, 0.25) is 0 Å². The third kappa shape index (κ3) is 3.74. The fraction of sp³-hybridized carbons (Fsp3) is 0.500. The summed E-state index contributed by atoms with van der Waals surface area (Å²) in [5, 5.41) is 10.7. The van der Waals surface area contributed by atoms with E-state index in [0.29, 0.717) is 0 Å². The summed E-state index contributed by atoms with van der Waals surface area (Å²) in [6, 6.07) is 2.81. The number of non-ortho nitro benzene ring substituents is 1. The average Bonchev–Trinajstić information content (AvgIpc) is 2.25. The number of benzene rings is 1. The van der Waals surface area contributed by atoms with Gasteiger partial charge in [-0.05, 0) is 26.8 Å². The normalized spacial score (nSPS) is 15.5. The summed E-state index contributed by atoms with van der Waals surface area (Å²) < 4.78 is 38.1. The number of hydrogen-bond acceptors (Lipinski definition) is 6. The van der Waals surface area contributed by atoms with Crippen LogP contribution in [0.25, 0.3) is 0 Å². The van der Waals surface area contributed by atoms with E-state index in [2.05, 4.69) is 0 Å². The molecule has 0 amide bonds. The van der Waals surface area contributed by atoms with Crippen LogP contribution in [-0.4, -0.2) is 24.0 Å². The van der Waals surface area contributed by atoms with Gasteiger partial charge in [0.25, 0.3) is 5.69 Å². The minimum absolute atomic E-state index is 0.246. The van der Waals surface area contributed by atoms with Crippen LogP contribution < -0.4 is 11.5 Å². The van der Waals surface area contributed by atoms with Gasteiger partial charge in [-0.2, -0.15) is 0 Å². The van der Waals surface area contributed by atoms with Crippen LogP contribution >= 0.6 is 0 Å². The molecule has 0 aliphatic carbocycles. The lowest BCUT2D eigenvalue weighted by atomic mass is 9.94. The van der Waals surface area contributed by atoms with Crippen molar-refractivity contribution in [3.63, 3.8) is 0 Å². The molecule has 0 saturated heterocycles. The van der Waals surface area contributed by atoms with Gasteiger partial charge < -0.3 is 11.5 Å². The molecule has 4 N–H and O–H groups in total. The molecule has 0 fully saturated rings. The van der Waals surface area contributed by atoms with E-state index in [4.69, 9.17) is 11.5 Å². The van der Waals surface area contributed by atoms with Crippen molar-refractivity contribution in [3.8, 4) is 0 Å². The summed E-state index contributed by atoms with van der Waals surface area (Å²) >= 11 is 0. The molecule has 1 atom stereocenters. The van der Waals surface area contributed by atoms with Crippen molar-refractivity contribution in [2.45, 2.75) is 31.2 Å². The number of rotatable bonds is 5. The minimum atomic E-state index is -3.84. The van der Waals surface area contributed by atoms with Gasteiger partial charge in [-0.1, -0.05) is 0 Å². The molecule has 0 bridgehead atoms. The molecule has 0 aliphatic heterocycles. The fourth-order valence-corrected chi connectivity index (χ4v) is 3.04. The summed E-state index contributed by atoms with van der Waals surface area (Å²) in [7, 11) is -3.84. The van der Waals surface area contributed by atoms with Crippen molar-refractivity contribution >= 4 is 15.5 Å². The SMILES string of the molecule is CC(C)(N)S(=O)(=O)C[C@](C)(N)c1cc([N+](=O)[O-])ccc1F. The lowest BCUT2D eigenvalue weighted by molar-refractivity contribution is -0.385. The Morgan fingerprint density at radius 3 is 2.24 bits per heavy atom. The summed E-state index contributed by atoms with van der Waals surface area (Å²) in [4.78, 5) is 8.48. The predicted molar refractivity (Wildman–Crippen MR) is 76.6 cm³/mol. The Morgan fingerprint density at radius 2 is 1.81 bits per heavy atom. The molecule has 0 aliphatic rings. The second-order valence-corrected chi connectivity index (χ2v) is 8.27. The van der Waals surface area contributed by atoms with Crippen molar-refractivity contribution < 1.29 is 17.7 Å². The number of nitro benzene ring substituents is 1. The highest BCUT2D eigenvalue weighted by molar-refractivity contribution is 7.92. The average molecular weight is 319 g/mol. The summed E-state index contributed by atoms with van der Waals surface area (Å²) in [6.07, 6.45) is 0. The molecule has 7 nitrogen and oxygen atoms in total. The van der Waals surface area contributed by atoms with Crippen LogP contribution in [0.5, 0.6) is 0 Å². The molecule has 0 heterocycles. The van der Waals surface area contributed by atoms with Crippen LogP contribution in [0, 0.1) is 15.9 Å². The third-order valence-electron chi connectivity index (χ3n) is 3.07. The zero-order valence-electron chi connectivity index (χ0n) is 12.0. The lowest BCUT2D eigenvalue weighted by Gasteiger charge is -2.29. The van der Waals surface area contributed by atoms with E-state index in [1.807, 2.05) is 0 Å². The maximum Gasteiger partial charge on any atom is 0.269 e. The van der Waals surface area contributed by atoms with Gasteiger partial charge in [0.05, 0.1) is 16.2 Å². The largest absolute Gasteiger partial charge is 0.321 e. The molecule has 0 unspecified atom stereocenters. The Bertz CT molecular complexity index is 666. The maximum atomic E-state index is 13.9. The lowest BCUT2D eigenvalue weighted by Crippen LogP contribution is -2.50. The molecule has 118 valence electrons. The van der Waals surface area contributed by atoms with Gasteiger partial charge in [-0.25, -0.2) is 12.8 Å². The first-order chi connectivity index (χ1) is 9.28. The number of nitro groups is 1. The van der Waals surface area contributed by atoms with Gasteiger partial charge in [0.1, 0.15) is 10.7 Å². The summed E-state index contributed by atoms with van der Waals surface area (Å²) in [6.45, 7) is 3.88. The Kier molecular flexibility index (Phi) is 4.42. The quantitative estimate of drug-likeness (QED) is 0.615. The van der Waals surface area contributed by atoms with Crippen LogP contribution in [0.1, 0.15) is 26.3 Å². The highest BCUT2D eigenvalue weighted by Crippen LogP contribution is 2.28. The third-order valence-corrected chi connectivity index (χ3v) is 5.65. The number of hydrogen-bond donors (Lipinski definition) is 2. The fourth-order valence-electron chi connectivity index (χ4n) is 1.72. The van der Waals surface area contributed by atoms with Gasteiger partial charge in [-0.15, -0.1) is 0 Å². The van der Waals surface area contributed by atoms with Crippen LogP contribution in [0.4, 0.5) is 10.1 Å². The Balaban J connectivity index is 3.32. The molecule has 1 aromatic carbocycles. The number of halogens is 1. The first kappa shape index (κ1) is 17.5. The van der Waals surface area contributed by atoms with Gasteiger partial charge in [0.2, 0.25) is 0 Å². The van der Waals surface area contributed by atoms with Gasteiger partial charge >= 0.3 is 0 Å². The standard InChI is InChI=1S/C12H18FN3O4S/c1-11(2,14)21(19,20)7-12(3,15)9-6-8(16(17)18)4-5-10(9)13/h4-6H,7,14-15H2,1-3H3/t12-/m0/s1. The zero-order chi connectivity index (χ0) is 16.6. The maximum absolute atomic E-state index is 13.9. The summed E-state index contributed by atoms with van der Waals surface area (Å²) in [5.41, 5.74) is 9.20. The predicted octanol–water partition coefficient (Wildman–Crippen LogP) is 1.02. The molecule has 0 radical (unpaired) electrons. The monoisotopic (exact) mass is 319 g/mol. The van der Waals surface area contributed by atoms with E-state index in [9.17, 15) is 22.9 Å². The zero-order valence-corrected chi connectivity index (χ0v) is 12.8.